The second-order valence-electron chi connectivity index (χ2n) is 9.94. The second-order valence-corrected chi connectivity index (χ2v) is 11.0. The Morgan fingerprint density at radius 1 is 0.970 bits per heavy atom. The third-order valence-corrected chi connectivity index (χ3v) is 7.80. The number of amides is 2. The highest BCUT2D eigenvalue weighted by Gasteiger charge is 2.34. The normalized spacial score (nSPS) is 16.5. The fraction of sp³-hybridized carbons (Fsp3) is 0.357. The van der Waals surface area contributed by atoms with Gasteiger partial charge in [-0.1, -0.05) is 69.3 Å². The SMILES string of the molecule is CC(NC(=O)c1c(NC(=O)c2ccccc2)sc2c1CCC(C(C)(C)C)C2)c1ccccc1. The number of carbonyl (C=O) groups is 2. The molecule has 1 heterocycles. The number of hydrogen-bond donors (Lipinski definition) is 2. The molecule has 5 heteroatoms. The highest BCUT2D eigenvalue weighted by molar-refractivity contribution is 7.17. The van der Waals surface area contributed by atoms with Crippen molar-refractivity contribution in [2.45, 2.75) is 53.0 Å². The predicted octanol–water partition coefficient (Wildman–Crippen LogP) is 6.64. The van der Waals surface area contributed by atoms with Gasteiger partial charge in [0, 0.05) is 10.4 Å². The lowest BCUT2D eigenvalue weighted by atomic mass is 9.72. The topological polar surface area (TPSA) is 58.2 Å². The number of rotatable bonds is 5. The molecule has 2 aromatic carbocycles. The molecule has 0 radical (unpaired) electrons. The molecular weight excluding hydrogens is 428 g/mol. The maximum atomic E-state index is 13.5. The van der Waals surface area contributed by atoms with Crippen molar-refractivity contribution in [2.24, 2.45) is 11.3 Å². The largest absolute Gasteiger partial charge is 0.345 e. The molecule has 2 atom stereocenters. The Morgan fingerprint density at radius 2 is 1.61 bits per heavy atom. The molecule has 3 aromatic rings. The lowest BCUT2D eigenvalue weighted by Gasteiger charge is -2.34. The summed E-state index contributed by atoms with van der Waals surface area (Å²) in [5.41, 5.74) is 3.58. The number of benzene rings is 2. The van der Waals surface area contributed by atoms with Crippen LogP contribution in [0, 0.1) is 11.3 Å². The fourth-order valence-electron chi connectivity index (χ4n) is 4.51. The van der Waals surface area contributed by atoms with E-state index in [0.29, 0.717) is 22.0 Å². The van der Waals surface area contributed by atoms with E-state index in [2.05, 4.69) is 31.4 Å². The molecule has 2 amide bonds. The van der Waals surface area contributed by atoms with Gasteiger partial charge < -0.3 is 10.6 Å². The number of anilines is 1. The molecule has 0 saturated carbocycles. The molecule has 172 valence electrons. The summed E-state index contributed by atoms with van der Waals surface area (Å²) in [7, 11) is 0. The third-order valence-electron chi connectivity index (χ3n) is 6.63. The summed E-state index contributed by atoms with van der Waals surface area (Å²) in [5.74, 6) is 0.244. The van der Waals surface area contributed by atoms with Crippen molar-refractivity contribution >= 4 is 28.2 Å². The summed E-state index contributed by atoms with van der Waals surface area (Å²) in [5, 5.41) is 6.86. The van der Waals surface area contributed by atoms with Gasteiger partial charge in [-0.15, -0.1) is 11.3 Å². The van der Waals surface area contributed by atoms with Gasteiger partial charge in [0.2, 0.25) is 0 Å². The van der Waals surface area contributed by atoms with Crippen LogP contribution >= 0.6 is 11.3 Å². The number of carbonyl (C=O) groups excluding carboxylic acids is 2. The van der Waals surface area contributed by atoms with E-state index in [1.807, 2.05) is 55.5 Å². The molecule has 0 spiro atoms. The summed E-state index contributed by atoms with van der Waals surface area (Å²) < 4.78 is 0. The van der Waals surface area contributed by atoms with E-state index < -0.39 is 0 Å². The zero-order valence-corrected chi connectivity index (χ0v) is 20.6. The predicted molar refractivity (Wildman–Crippen MR) is 136 cm³/mol. The van der Waals surface area contributed by atoms with Crippen LogP contribution in [0.4, 0.5) is 5.00 Å². The van der Waals surface area contributed by atoms with Crippen LogP contribution in [0.2, 0.25) is 0 Å². The van der Waals surface area contributed by atoms with E-state index in [1.165, 1.54) is 4.88 Å². The van der Waals surface area contributed by atoms with Crippen molar-refractivity contribution < 1.29 is 9.59 Å². The highest BCUT2D eigenvalue weighted by Crippen LogP contribution is 2.44. The van der Waals surface area contributed by atoms with Crippen LogP contribution in [0.3, 0.4) is 0 Å². The van der Waals surface area contributed by atoms with Crippen molar-refractivity contribution in [3.63, 3.8) is 0 Å². The Labute approximate surface area is 200 Å². The fourth-order valence-corrected chi connectivity index (χ4v) is 5.83. The van der Waals surface area contributed by atoms with E-state index >= 15 is 0 Å². The molecule has 4 nitrogen and oxygen atoms in total. The summed E-state index contributed by atoms with van der Waals surface area (Å²) in [6, 6.07) is 19.0. The first-order valence-electron chi connectivity index (χ1n) is 11.6. The molecule has 33 heavy (non-hydrogen) atoms. The molecule has 0 saturated heterocycles. The van der Waals surface area contributed by atoms with Crippen LogP contribution in [0.1, 0.15) is 76.9 Å². The van der Waals surface area contributed by atoms with Crippen LogP contribution in [0.15, 0.2) is 60.7 Å². The van der Waals surface area contributed by atoms with Gasteiger partial charge in [0.25, 0.3) is 11.8 Å². The molecule has 1 aliphatic carbocycles. The van der Waals surface area contributed by atoms with Gasteiger partial charge in [0.15, 0.2) is 0 Å². The minimum Gasteiger partial charge on any atom is -0.345 e. The zero-order chi connectivity index (χ0) is 23.6. The van der Waals surface area contributed by atoms with Gasteiger partial charge in [-0.2, -0.15) is 0 Å². The first kappa shape index (κ1) is 23.2. The third kappa shape index (κ3) is 5.19. The minimum atomic E-state index is -0.188. The van der Waals surface area contributed by atoms with E-state index in [1.54, 1.807) is 23.5 Å². The molecule has 0 fully saturated rings. The van der Waals surface area contributed by atoms with E-state index in [0.717, 1.165) is 30.4 Å². The van der Waals surface area contributed by atoms with E-state index in [4.69, 9.17) is 0 Å². The number of nitrogens with one attached hydrogen (secondary N) is 2. The van der Waals surface area contributed by atoms with Gasteiger partial charge in [-0.25, -0.2) is 0 Å². The lowest BCUT2D eigenvalue weighted by Crippen LogP contribution is -2.30. The quantitative estimate of drug-likeness (QED) is 0.448. The maximum Gasteiger partial charge on any atom is 0.256 e. The van der Waals surface area contributed by atoms with Crippen LogP contribution in [-0.4, -0.2) is 11.8 Å². The maximum absolute atomic E-state index is 13.5. The van der Waals surface area contributed by atoms with Gasteiger partial charge in [0.1, 0.15) is 5.00 Å². The summed E-state index contributed by atoms with van der Waals surface area (Å²) in [4.78, 5) is 27.7. The van der Waals surface area contributed by atoms with Gasteiger partial charge in [0.05, 0.1) is 11.6 Å². The summed E-state index contributed by atoms with van der Waals surface area (Å²) in [6.07, 6.45) is 2.85. The van der Waals surface area contributed by atoms with Crippen LogP contribution in [0.25, 0.3) is 0 Å². The Hall–Kier alpha value is -2.92. The Bertz CT molecular complexity index is 1130. The van der Waals surface area contributed by atoms with Gasteiger partial charge in [-0.05, 0) is 60.8 Å². The second kappa shape index (κ2) is 9.52. The average Bonchev–Trinajstić information content (AvgIpc) is 3.16. The van der Waals surface area contributed by atoms with Crippen LogP contribution in [0.5, 0.6) is 0 Å². The molecule has 1 aromatic heterocycles. The van der Waals surface area contributed by atoms with Crippen molar-refractivity contribution in [3.8, 4) is 0 Å². The standard InChI is InChI=1S/C28H32N2O2S/c1-18(19-11-7-5-8-12-19)29-26(32)24-22-16-15-21(28(2,3)4)17-23(22)33-27(24)30-25(31)20-13-9-6-10-14-20/h5-14,18,21H,15-17H2,1-4H3,(H,29,32)(H,30,31). The number of fused-ring (bicyclic) bond motifs is 1. The minimum absolute atomic E-state index is 0.124. The first-order chi connectivity index (χ1) is 15.7. The van der Waals surface area contributed by atoms with Gasteiger partial charge >= 0.3 is 0 Å². The van der Waals surface area contributed by atoms with Crippen molar-refractivity contribution in [1.82, 2.24) is 5.32 Å². The Balaban J connectivity index is 1.65. The zero-order valence-electron chi connectivity index (χ0n) is 19.8. The number of thiophene rings is 1. The molecule has 0 aliphatic heterocycles. The van der Waals surface area contributed by atoms with E-state index in [-0.39, 0.29) is 23.3 Å². The van der Waals surface area contributed by atoms with Crippen molar-refractivity contribution in [3.05, 3.63) is 87.8 Å². The molecular formula is C28H32N2O2S. The average molecular weight is 461 g/mol. The van der Waals surface area contributed by atoms with Crippen LogP contribution in [-0.2, 0) is 12.8 Å². The monoisotopic (exact) mass is 460 g/mol. The smallest absolute Gasteiger partial charge is 0.256 e. The molecule has 1 aliphatic rings. The Kier molecular flexibility index (Phi) is 6.71. The number of hydrogen-bond acceptors (Lipinski definition) is 3. The molecule has 2 N–H and O–H groups in total. The highest BCUT2D eigenvalue weighted by atomic mass is 32.1. The molecule has 4 rings (SSSR count). The molecule has 2 unspecified atom stereocenters. The molecule has 0 bridgehead atoms. The van der Waals surface area contributed by atoms with Crippen molar-refractivity contribution in [2.75, 3.05) is 5.32 Å². The lowest BCUT2D eigenvalue weighted by molar-refractivity contribution is 0.0939. The Morgan fingerprint density at radius 3 is 2.24 bits per heavy atom. The van der Waals surface area contributed by atoms with Crippen molar-refractivity contribution in [1.29, 1.82) is 0 Å². The van der Waals surface area contributed by atoms with E-state index in [9.17, 15) is 9.59 Å². The summed E-state index contributed by atoms with van der Waals surface area (Å²) >= 11 is 1.56. The van der Waals surface area contributed by atoms with Crippen LogP contribution < -0.4 is 10.6 Å². The van der Waals surface area contributed by atoms with Gasteiger partial charge in [-0.3, -0.25) is 9.59 Å². The summed E-state index contributed by atoms with van der Waals surface area (Å²) in [6.45, 7) is 8.83. The first-order valence-corrected chi connectivity index (χ1v) is 12.4.